The average Bonchev–Trinajstić information content (AvgIpc) is 2.34. The van der Waals surface area contributed by atoms with E-state index in [9.17, 15) is 4.79 Å². The lowest BCUT2D eigenvalue weighted by molar-refractivity contribution is -0.120. The van der Waals surface area contributed by atoms with E-state index in [4.69, 9.17) is 11.6 Å². The van der Waals surface area contributed by atoms with Gasteiger partial charge in [0.05, 0.1) is 15.2 Å². The predicted octanol–water partition coefficient (Wildman–Crippen LogP) is 5.26. The number of halogens is 2. The monoisotopic (exact) mass is 331 g/mol. The molecule has 0 saturated carbocycles. The van der Waals surface area contributed by atoms with Crippen molar-refractivity contribution in [2.45, 2.75) is 39.5 Å². The molecule has 0 heterocycles. The lowest BCUT2D eigenvalue weighted by atomic mass is 9.97. The Balaban J connectivity index is 2.75. The molecule has 1 rings (SSSR count). The van der Waals surface area contributed by atoms with Gasteiger partial charge in [0.2, 0.25) is 5.91 Å². The Bertz CT molecular complexity index is 403. The number of nitrogens with one attached hydrogen (secondary N) is 1. The first kappa shape index (κ1) is 15.5. The summed E-state index contributed by atoms with van der Waals surface area (Å²) in [6, 6.07) is 5.47. The molecule has 1 aromatic carbocycles. The molecule has 0 aromatic heterocycles. The molecular formula is C14H19BrClNO. The van der Waals surface area contributed by atoms with Crippen LogP contribution in [0.25, 0.3) is 0 Å². The fourth-order valence-corrected chi connectivity index (χ4v) is 2.48. The molecular weight excluding hydrogens is 314 g/mol. The van der Waals surface area contributed by atoms with Gasteiger partial charge in [-0.2, -0.15) is 0 Å². The maximum atomic E-state index is 12.2. The fourth-order valence-electron chi connectivity index (χ4n) is 1.94. The van der Waals surface area contributed by atoms with E-state index in [-0.39, 0.29) is 11.8 Å². The molecule has 18 heavy (non-hydrogen) atoms. The van der Waals surface area contributed by atoms with Gasteiger partial charge >= 0.3 is 0 Å². The van der Waals surface area contributed by atoms with Crippen molar-refractivity contribution in [3.05, 3.63) is 27.7 Å². The van der Waals surface area contributed by atoms with Crippen molar-refractivity contribution in [1.29, 1.82) is 0 Å². The summed E-state index contributed by atoms with van der Waals surface area (Å²) < 4.78 is 0.742. The number of anilines is 1. The zero-order chi connectivity index (χ0) is 13.5. The van der Waals surface area contributed by atoms with E-state index < -0.39 is 0 Å². The van der Waals surface area contributed by atoms with Gasteiger partial charge in [0.15, 0.2) is 0 Å². The van der Waals surface area contributed by atoms with Crippen molar-refractivity contribution in [2.75, 3.05) is 5.32 Å². The quantitative estimate of drug-likeness (QED) is 0.756. The van der Waals surface area contributed by atoms with Crippen molar-refractivity contribution < 1.29 is 4.79 Å². The van der Waals surface area contributed by atoms with E-state index in [1.165, 1.54) is 0 Å². The Morgan fingerprint density at radius 2 is 1.94 bits per heavy atom. The molecule has 0 bridgehead atoms. The highest BCUT2D eigenvalue weighted by molar-refractivity contribution is 9.10. The van der Waals surface area contributed by atoms with Crippen molar-refractivity contribution in [3.63, 3.8) is 0 Å². The van der Waals surface area contributed by atoms with Crippen LogP contribution in [0.1, 0.15) is 39.5 Å². The second-order valence-corrected chi connectivity index (χ2v) is 5.57. The maximum absolute atomic E-state index is 12.2. The number of hydrogen-bond donors (Lipinski definition) is 1. The molecule has 0 saturated heterocycles. The van der Waals surface area contributed by atoms with Crippen molar-refractivity contribution in [3.8, 4) is 0 Å². The molecule has 1 amide bonds. The predicted molar refractivity (Wildman–Crippen MR) is 81.1 cm³/mol. The molecule has 0 fully saturated rings. The zero-order valence-electron chi connectivity index (χ0n) is 10.8. The Hall–Kier alpha value is -0.540. The first-order valence-corrected chi connectivity index (χ1v) is 7.52. The molecule has 0 aliphatic carbocycles. The number of carbonyl (C=O) groups excluding carboxylic acids is 1. The normalized spacial score (nSPS) is 10.7. The third kappa shape index (κ3) is 4.29. The van der Waals surface area contributed by atoms with Crippen LogP contribution >= 0.6 is 27.5 Å². The molecule has 0 aliphatic heterocycles. The second kappa shape index (κ2) is 7.80. The van der Waals surface area contributed by atoms with Gasteiger partial charge in [0.25, 0.3) is 0 Å². The van der Waals surface area contributed by atoms with E-state index in [1.807, 2.05) is 12.1 Å². The molecule has 100 valence electrons. The molecule has 0 atom stereocenters. The van der Waals surface area contributed by atoms with E-state index in [0.717, 1.165) is 35.8 Å². The number of benzene rings is 1. The van der Waals surface area contributed by atoms with Crippen molar-refractivity contribution in [2.24, 2.45) is 5.92 Å². The molecule has 0 aliphatic rings. The summed E-state index contributed by atoms with van der Waals surface area (Å²) in [6.07, 6.45) is 3.90. The number of hydrogen-bond acceptors (Lipinski definition) is 1. The summed E-state index contributed by atoms with van der Waals surface area (Å²) in [7, 11) is 0. The lowest BCUT2D eigenvalue weighted by Crippen LogP contribution is -2.22. The van der Waals surface area contributed by atoms with Crippen LogP contribution in [0.3, 0.4) is 0 Å². The highest BCUT2D eigenvalue weighted by Gasteiger charge is 2.17. The van der Waals surface area contributed by atoms with Crippen LogP contribution in [0, 0.1) is 5.92 Å². The van der Waals surface area contributed by atoms with E-state index in [0.29, 0.717) is 5.02 Å². The zero-order valence-corrected chi connectivity index (χ0v) is 13.1. The van der Waals surface area contributed by atoms with Crippen LogP contribution in [-0.4, -0.2) is 5.91 Å². The van der Waals surface area contributed by atoms with Crippen LogP contribution in [0.5, 0.6) is 0 Å². The molecule has 4 heteroatoms. The van der Waals surface area contributed by atoms with E-state index in [2.05, 4.69) is 35.1 Å². The minimum absolute atomic E-state index is 0.0849. The molecule has 0 radical (unpaired) electrons. The third-order valence-electron chi connectivity index (χ3n) is 2.85. The first-order valence-electron chi connectivity index (χ1n) is 6.35. The van der Waals surface area contributed by atoms with Crippen LogP contribution in [-0.2, 0) is 4.79 Å². The Kier molecular flexibility index (Phi) is 6.72. The van der Waals surface area contributed by atoms with Gasteiger partial charge in [-0.1, -0.05) is 44.4 Å². The van der Waals surface area contributed by atoms with Gasteiger partial charge in [0.1, 0.15) is 0 Å². The summed E-state index contributed by atoms with van der Waals surface area (Å²) in [5, 5.41) is 3.56. The average molecular weight is 333 g/mol. The summed E-state index contributed by atoms with van der Waals surface area (Å²) >= 11 is 9.39. The summed E-state index contributed by atoms with van der Waals surface area (Å²) in [5.74, 6) is 0.174. The Labute approximate surface area is 122 Å². The molecule has 0 unspecified atom stereocenters. The highest BCUT2D eigenvalue weighted by atomic mass is 79.9. The van der Waals surface area contributed by atoms with Crippen LogP contribution in [0.4, 0.5) is 5.69 Å². The lowest BCUT2D eigenvalue weighted by Gasteiger charge is -2.16. The number of rotatable bonds is 6. The minimum Gasteiger partial charge on any atom is -0.325 e. The van der Waals surface area contributed by atoms with Crippen LogP contribution in [0.15, 0.2) is 22.7 Å². The summed E-state index contributed by atoms with van der Waals surface area (Å²) in [5.41, 5.74) is 0.740. The van der Waals surface area contributed by atoms with Crippen LogP contribution < -0.4 is 5.32 Å². The van der Waals surface area contributed by atoms with E-state index >= 15 is 0 Å². The Morgan fingerprint density at radius 1 is 1.33 bits per heavy atom. The smallest absolute Gasteiger partial charge is 0.227 e. The molecule has 0 spiro atoms. The highest BCUT2D eigenvalue weighted by Crippen LogP contribution is 2.30. The summed E-state index contributed by atoms with van der Waals surface area (Å²) in [6.45, 7) is 4.20. The number of carbonyl (C=O) groups is 1. The second-order valence-electron chi connectivity index (χ2n) is 4.36. The molecule has 1 N–H and O–H groups in total. The third-order valence-corrected chi connectivity index (χ3v) is 4.25. The topological polar surface area (TPSA) is 29.1 Å². The molecule has 1 aromatic rings. The largest absolute Gasteiger partial charge is 0.325 e. The van der Waals surface area contributed by atoms with Crippen molar-refractivity contribution >= 4 is 39.1 Å². The standard InChI is InChI=1S/C14H19BrClNO/c1-3-6-10(7-4-2)14(18)17-12-9-5-8-11(16)13(12)15/h5,8-10H,3-4,6-7H2,1-2H3,(H,17,18). The van der Waals surface area contributed by atoms with Crippen LogP contribution in [0.2, 0.25) is 5.02 Å². The number of amides is 1. The Morgan fingerprint density at radius 3 is 2.50 bits per heavy atom. The van der Waals surface area contributed by atoms with Gasteiger partial charge in [-0.15, -0.1) is 0 Å². The van der Waals surface area contributed by atoms with Gasteiger partial charge in [0, 0.05) is 5.92 Å². The van der Waals surface area contributed by atoms with Gasteiger partial charge in [-0.3, -0.25) is 4.79 Å². The van der Waals surface area contributed by atoms with Gasteiger partial charge in [-0.05, 0) is 40.9 Å². The van der Waals surface area contributed by atoms with Crippen molar-refractivity contribution in [1.82, 2.24) is 0 Å². The van der Waals surface area contributed by atoms with E-state index in [1.54, 1.807) is 6.07 Å². The molecule has 2 nitrogen and oxygen atoms in total. The van der Waals surface area contributed by atoms with Gasteiger partial charge in [-0.25, -0.2) is 0 Å². The fraction of sp³-hybridized carbons (Fsp3) is 0.500. The van der Waals surface area contributed by atoms with Gasteiger partial charge < -0.3 is 5.32 Å². The SMILES string of the molecule is CCCC(CCC)C(=O)Nc1cccc(Cl)c1Br. The maximum Gasteiger partial charge on any atom is 0.227 e. The minimum atomic E-state index is 0.0849. The summed E-state index contributed by atoms with van der Waals surface area (Å²) in [4.78, 5) is 12.2. The first-order chi connectivity index (χ1) is 8.60.